The number of likely N-dealkylation sites (tertiary alicyclic amines) is 1. The summed E-state index contributed by atoms with van der Waals surface area (Å²) in [6.07, 6.45) is 4.93. The molecule has 2 aliphatic heterocycles. The molecule has 24 heavy (non-hydrogen) atoms. The van der Waals surface area contributed by atoms with Gasteiger partial charge in [0.25, 0.3) is 5.91 Å². The Balaban J connectivity index is 1.55. The van der Waals surface area contributed by atoms with Crippen molar-refractivity contribution in [2.45, 2.75) is 51.9 Å². The summed E-state index contributed by atoms with van der Waals surface area (Å²) in [6.45, 7) is 6.56. The van der Waals surface area contributed by atoms with Crippen LogP contribution in [0.2, 0.25) is 0 Å². The van der Waals surface area contributed by atoms with Gasteiger partial charge in [-0.3, -0.25) is 9.59 Å². The number of amides is 2. The molecule has 3 heterocycles. The van der Waals surface area contributed by atoms with Crippen molar-refractivity contribution in [1.82, 2.24) is 20.2 Å². The maximum absolute atomic E-state index is 12.3. The Hall–Kier alpha value is -1.85. The lowest BCUT2D eigenvalue weighted by Gasteiger charge is -2.32. The van der Waals surface area contributed by atoms with Crippen LogP contribution in [0.1, 0.15) is 67.5 Å². The standard InChI is InChI=1S/C18H26N4O2/c1-18(2)8-13-14(16(23)19-10-18)21-15(20-13)12-4-3-7-22(9-12)17(24)11-5-6-11/h11-12H,3-10H2,1-2H3,(H,19,23)(H,20,21). The zero-order valence-corrected chi connectivity index (χ0v) is 14.5. The van der Waals surface area contributed by atoms with Crippen molar-refractivity contribution in [3.05, 3.63) is 17.2 Å². The number of H-pyrrole nitrogens is 1. The summed E-state index contributed by atoms with van der Waals surface area (Å²) in [7, 11) is 0. The molecule has 1 aliphatic carbocycles. The van der Waals surface area contributed by atoms with Gasteiger partial charge in [-0.1, -0.05) is 13.8 Å². The highest BCUT2D eigenvalue weighted by Gasteiger charge is 2.37. The van der Waals surface area contributed by atoms with Gasteiger partial charge in [0, 0.05) is 37.2 Å². The van der Waals surface area contributed by atoms with Gasteiger partial charge in [0.2, 0.25) is 5.91 Å². The summed E-state index contributed by atoms with van der Waals surface area (Å²) in [5.74, 6) is 1.58. The minimum atomic E-state index is -0.0835. The lowest BCUT2D eigenvalue weighted by Crippen LogP contribution is -2.40. The maximum Gasteiger partial charge on any atom is 0.271 e. The van der Waals surface area contributed by atoms with Crippen LogP contribution < -0.4 is 5.32 Å². The average Bonchev–Trinajstić information content (AvgIpc) is 3.34. The number of fused-ring (bicyclic) bond motifs is 1. The van der Waals surface area contributed by atoms with Crippen LogP contribution in [0.25, 0.3) is 0 Å². The molecule has 1 aromatic heterocycles. The van der Waals surface area contributed by atoms with Crippen molar-refractivity contribution in [2.75, 3.05) is 19.6 Å². The van der Waals surface area contributed by atoms with Crippen LogP contribution in [0.15, 0.2) is 0 Å². The Kier molecular flexibility index (Phi) is 3.66. The van der Waals surface area contributed by atoms with Crippen LogP contribution >= 0.6 is 0 Å². The van der Waals surface area contributed by atoms with E-state index in [0.717, 1.165) is 56.7 Å². The van der Waals surface area contributed by atoms with Crippen LogP contribution in [0.3, 0.4) is 0 Å². The number of piperidine rings is 1. The highest BCUT2D eigenvalue weighted by molar-refractivity contribution is 5.94. The highest BCUT2D eigenvalue weighted by Crippen LogP contribution is 2.34. The smallest absolute Gasteiger partial charge is 0.271 e. The van der Waals surface area contributed by atoms with E-state index in [9.17, 15) is 9.59 Å². The van der Waals surface area contributed by atoms with E-state index in [0.29, 0.717) is 18.1 Å². The first-order chi connectivity index (χ1) is 11.4. The van der Waals surface area contributed by atoms with Gasteiger partial charge in [-0.15, -0.1) is 0 Å². The van der Waals surface area contributed by atoms with Crippen LogP contribution in [0, 0.1) is 11.3 Å². The van der Waals surface area contributed by atoms with E-state index in [2.05, 4.69) is 29.1 Å². The Labute approximate surface area is 142 Å². The van der Waals surface area contributed by atoms with Crippen LogP contribution in [-0.2, 0) is 11.2 Å². The number of carbonyl (C=O) groups is 2. The summed E-state index contributed by atoms with van der Waals surface area (Å²) in [5.41, 5.74) is 1.50. The lowest BCUT2D eigenvalue weighted by molar-refractivity contribution is -0.133. The second-order valence-corrected chi connectivity index (χ2v) is 8.37. The highest BCUT2D eigenvalue weighted by atomic mass is 16.2. The molecule has 4 rings (SSSR count). The number of imidazole rings is 1. The van der Waals surface area contributed by atoms with E-state index in [1.54, 1.807) is 0 Å². The van der Waals surface area contributed by atoms with Gasteiger partial charge in [-0.2, -0.15) is 0 Å². The van der Waals surface area contributed by atoms with Gasteiger partial charge in [-0.25, -0.2) is 4.98 Å². The molecule has 1 saturated carbocycles. The summed E-state index contributed by atoms with van der Waals surface area (Å²) >= 11 is 0. The minimum absolute atomic E-state index is 0.0191. The van der Waals surface area contributed by atoms with E-state index < -0.39 is 0 Å². The molecule has 2 amide bonds. The predicted molar refractivity (Wildman–Crippen MR) is 89.7 cm³/mol. The fraction of sp³-hybridized carbons (Fsp3) is 0.722. The second kappa shape index (κ2) is 5.60. The fourth-order valence-corrected chi connectivity index (χ4v) is 3.87. The molecule has 130 valence electrons. The Morgan fingerprint density at radius 3 is 2.83 bits per heavy atom. The maximum atomic E-state index is 12.3. The van der Waals surface area contributed by atoms with Gasteiger partial charge in [0.15, 0.2) is 0 Å². The molecule has 6 nitrogen and oxygen atoms in total. The van der Waals surface area contributed by atoms with E-state index in [1.807, 2.05) is 4.90 Å². The van der Waals surface area contributed by atoms with Crippen molar-refractivity contribution in [2.24, 2.45) is 11.3 Å². The number of aromatic nitrogens is 2. The van der Waals surface area contributed by atoms with Gasteiger partial charge >= 0.3 is 0 Å². The topological polar surface area (TPSA) is 78.1 Å². The molecule has 2 fully saturated rings. The molecule has 0 spiro atoms. The molecule has 3 aliphatic rings. The third-order valence-corrected chi connectivity index (χ3v) is 5.44. The van der Waals surface area contributed by atoms with Crippen molar-refractivity contribution in [3.8, 4) is 0 Å². The van der Waals surface area contributed by atoms with Crippen molar-refractivity contribution in [1.29, 1.82) is 0 Å². The molecule has 1 unspecified atom stereocenters. The second-order valence-electron chi connectivity index (χ2n) is 8.37. The Morgan fingerprint density at radius 1 is 1.29 bits per heavy atom. The summed E-state index contributed by atoms with van der Waals surface area (Å²) in [5, 5.41) is 2.97. The largest absolute Gasteiger partial charge is 0.350 e. The third-order valence-electron chi connectivity index (χ3n) is 5.44. The number of carbonyl (C=O) groups excluding carboxylic acids is 2. The lowest BCUT2D eigenvalue weighted by atomic mass is 9.88. The zero-order valence-electron chi connectivity index (χ0n) is 14.5. The van der Waals surface area contributed by atoms with Crippen LogP contribution in [0.5, 0.6) is 0 Å². The van der Waals surface area contributed by atoms with Crippen molar-refractivity contribution in [3.63, 3.8) is 0 Å². The molecule has 0 bridgehead atoms. The normalized spacial score (nSPS) is 26.5. The van der Waals surface area contributed by atoms with E-state index in [4.69, 9.17) is 0 Å². The van der Waals surface area contributed by atoms with Crippen molar-refractivity contribution >= 4 is 11.8 Å². The summed E-state index contributed by atoms with van der Waals surface area (Å²) in [4.78, 5) is 34.7. The minimum Gasteiger partial charge on any atom is -0.350 e. The average molecular weight is 330 g/mol. The number of nitrogens with zero attached hydrogens (tertiary/aromatic N) is 2. The third kappa shape index (κ3) is 2.94. The molecule has 0 aromatic carbocycles. The van der Waals surface area contributed by atoms with Gasteiger partial charge in [-0.05, 0) is 37.5 Å². The molecule has 1 aromatic rings. The number of hydrogen-bond acceptors (Lipinski definition) is 3. The van der Waals surface area contributed by atoms with Crippen molar-refractivity contribution < 1.29 is 9.59 Å². The summed E-state index contributed by atoms with van der Waals surface area (Å²) in [6, 6.07) is 0. The first kappa shape index (κ1) is 15.7. The monoisotopic (exact) mass is 330 g/mol. The fourth-order valence-electron chi connectivity index (χ4n) is 3.87. The SMILES string of the molecule is CC1(C)CNC(=O)c2nc(C3CCCN(C(=O)C4CC4)C3)[nH]c2C1. The van der Waals surface area contributed by atoms with Gasteiger partial charge < -0.3 is 15.2 Å². The van der Waals surface area contributed by atoms with Crippen LogP contribution in [0.4, 0.5) is 0 Å². The molecular formula is C18H26N4O2. The number of rotatable bonds is 2. The first-order valence-electron chi connectivity index (χ1n) is 9.09. The molecule has 0 radical (unpaired) electrons. The molecule has 6 heteroatoms. The zero-order chi connectivity index (χ0) is 16.9. The molecule has 2 N–H and O–H groups in total. The van der Waals surface area contributed by atoms with E-state index in [-0.39, 0.29) is 23.2 Å². The Bertz CT molecular complexity index is 675. The van der Waals surface area contributed by atoms with Gasteiger partial charge in [0.1, 0.15) is 11.5 Å². The first-order valence-corrected chi connectivity index (χ1v) is 9.09. The summed E-state index contributed by atoms with van der Waals surface area (Å²) < 4.78 is 0. The van der Waals surface area contributed by atoms with Gasteiger partial charge in [0.05, 0.1) is 0 Å². The number of hydrogen-bond donors (Lipinski definition) is 2. The quantitative estimate of drug-likeness (QED) is 0.868. The Morgan fingerprint density at radius 2 is 2.08 bits per heavy atom. The predicted octanol–water partition coefficient (Wildman–Crippen LogP) is 1.84. The van der Waals surface area contributed by atoms with E-state index >= 15 is 0 Å². The van der Waals surface area contributed by atoms with Crippen LogP contribution in [-0.4, -0.2) is 46.3 Å². The number of nitrogens with one attached hydrogen (secondary N) is 2. The molecule has 1 atom stereocenters. The molecule has 1 saturated heterocycles. The van der Waals surface area contributed by atoms with E-state index in [1.165, 1.54) is 0 Å². The number of aromatic amines is 1. The molecular weight excluding hydrogens is 304 g/mol.